The summed E-state index contributed by atoms with van der Waals surface area (Å²) in [6.07, 6.45) is 5.51. The summed E-state index contributed by atoms with van der Waals surface area (Å²) < 4.78 is 24.7. The third-order valence-electron chi connectivity index (χ3n) is 4.09. The van der Waals surface area contributed by atoms with E-state index in [1.54, 1.807) is 18.5 Å². The van der Waals surface area contributed by atoms with Crippen LogP contribution in [0.1, 0.15) is 16.8 Å². The lowest BCUT2D eigenvalue weighted by atomic mass is 10.1. The normalized spacial score (nSPS) is 27.7. The van der Waals surface area contributed by atoms with Crippen molar-refractivity contribution >= 4 is 15.9 Å². The molecule has 1 amide bonds. The first-order valence-electron chi connectivity index (χ1n) is 6.35. The van der Waals surface area contributed by atoms with Crippen LogP contribution in [-0.2, 0) is 10.0 Å². The number of fused-ring (bicyclic) bond motifs is 1. The highest BCUT2D eigenvalue weighted by molar-refractivity contribution is 7.88. The molecule has 2 fully saturated rings. The monoisotopic (exact) mass is 283 g/mol. The molecule has 0 saturated carbocycles. The van der Waals surface area contributed by atoms with Crippen LogP contribution in [0.25, 0.3) is 0 Å². The van der Waals surface area contributed by atoms with E-state index in [1.165, 1.54) is 10.6 Å². The van der Waals surface area contributed by atoms with Gasteiger partial charge in [-0.2, -0.15) is 4.31 Å². The Bertz CT molecular complexity index is 581. The number of amides is 1. The Morgan fingerprint density at radius 3 is 2.84 bits per heavy atom. The van der Waals surface area contributed by atoms with Crippen LogP contribution < -0.4 is 0 Å². The van der Waals surface area contributed by atoms with Crippen molar-refractivity contribution in [1.82, 2.24) is 14.2 Å². The van der Waals surface area contributed by atoms with Gasteiger partial charge in [0.1, 0.15) is 0 Å². The number of rotatable bonds is 2. The van der Waals surface area contributed by atoms with Crippen molar-refractivity contribution in [3.05, 3.63) is 24.0 Å². The van der Waals surface area contributed by atoms with Crippen LogP contribution in [0.2, 0.25) is 0 Å². The van der Waals surface area contributed by atoms with Crippen molar-refractivity contribution in [3.63, 3.8) is 0 Å². The van der Waals surface area contributed by atoms with Gasteiger partial charge in [-0.3, -0.25) is 4.79 Å². The van der Waals surface area contributed by atoms with E-state index < -0.39 is 10.0 Å². The molecule has 0 radical (unpaired) electrons. The third-order valence-corrected chi connectivity index (χ3v) is 5.33. The minimum Gasteiger partial charge on any atom is -0.367 e. The van der Waals surface area contributed by atoms with Crippen molar-refractivity contribution in [1.29, 1.82) is 0 Å². The number of likely N-dealkylation sites (tertiary alicyclic amines) is 1. The van der Waals surface area contributed by atoms with Crippen molar-refractivity contribution in [2.24, 2.45) is 5.92 Å². The van der Waals surface area contributed by atoms with E-state index in [0.29, 0.717) is 18.7 Å². The Balaban J connectivity index is 1.78. The molecule has 7 heteroatoms. The van der Waals surface area contributed by atoms with E-state index in [2.05, 4.69) is 4.98 Å². The first-order chi connectivity index (χ1) is 8.97. The topological polar surface area (TPSA) is 73.5 Å². The standard InChI is InChI=1S/C12H17N3O3S/c1-19(17,18)14-7-10-3-5-15(11(10)8-14)12(16)9-2-4-13-6-9/h2,4,6,10-11,13H,3,5,7-8H2,1H3/t10-,11+/m0/s1. The van der Waals surface area contributed by atoms with Gasteiger partial charge in [0.25, 0.3) is 5.91 Å². The number of H-pyrrole nitrogens is 1. The lowest BCUT2D eigenvalue weighted by Gasteiger charge is -2.24. The molecule has 2 aliphatic heterocycles. The number of nitrogens with zero attached hydrogens (tertiary/aromatic N) is 2. The highest BCUT2D eigenvalue weighted by Crippen LogP contribution is 2.33. The van der Waals surface area contributed by atoms with E-state index in [1.807, 2.05) is 4.90 Å². The molecule has 19 heavy (non-hydrogen) atoms. The van der Waals surface area contributed by atoms with Gasteiger partial charge in [-0.15, -0.1) is 0 Å². The number of hydrogen-bond acceptors (Lipinski definition) is 3. The van der Waals surface area contributed by atoms with Gasteiger partial charge < -0.3 is 9.88 Å². The first-order valence-corrected chi connectivity index (χ1v) is 8.20. The van der Waals surface area contributed by atoms with Crippen LogP contribution >= 0.6 is 0 Å². The molecule has 1 aromatic rings. The Kier molecular flexibility index (Phi) is 2.90. The number of nitrogens with one attached hydrogen (secondary N) is 1. The Morgan fingerprint density at radius 1 is 1.42 bits per heavy atom. The molecule has 0 aliphatic carbocycles. The molecule has 6 nitrogen and oxygen atoms in total. The SMILES string of the molecule is CS(=O)(=O)N1C[C@@H]2CCN(C(=O)c3cc[nH]c3)[C@@H]2C1. The molecule has 3 rings (SSSR count). The van der Waals surface area contributed by atoms with Gasteiger partial charge in [0.15, 0.2) is 0 Å². The average Bonchev–Trinajstić information content (AvgIpc) is 3.03. The van der Waals surface area contributed by atoms with E-state index in [-0.39, 0.29) is 17.9 Å². The summed E-state index contributed by atoms with van der Waals surface area (Å²) in [4.78, 5) is 17.0. The molecule has 0 unspecified atom stereocenters. The molecule has 0 aromatic carbocycles. The summed E-state index contributed by atoms with van der Waals surface area (Å²) in [5, 5.41) is 0. The minimum atomic E-state index is -3.16. The zero-order valence-electron chi connectivity index (χ0n) is 10.7. The molecule has 2 saturated heterocycles. The zero-order valence-corrected chi connectivity index (χ0v) is 11.6. The fourth-order valence-corrected chi connectivity index (χ4v) is 3.95. The van der Waals surface area contributed by atoms with Gasteiger partial charge in [-0.05, 0) is 18.4 Å². The van der Waals surface area contributed by atoms with Gasteiger partial charge in [0.05, 0.1) is 11.8 Å². The largest absolute Gasteiger partial charge is 0.367 e. The molecule has 0 spiro atoms. The minimum absolute atomic E-state index is 0.0101. The third kappa shape index (κ3) is 2.17. The number of carbonyl (C=O) groups excluding carboxylic acids is 1. The maximum absolute atomic E-state index is 12.3. The Hall–Kier alpha value is -1.34. The Labute approximate surface area is 112 Å². The van der Waals surface area contributed by atoms with Crippen molar-refractivity contribution in [2.75, 3.05) is 25.9 Å². The van der Waals surface area contributed by atoms with E-state index >= 15 is 0 Å². The summed E-state index contributed by atoms with van der Waals surface area (Å²) in [5.41, 5.74) is 0.637. The number of aromatic amines is 1. The number of carbonyl (C=O) groups is 1. The summed E-state index contributed by atoms with van der Waals surface area (Å²) in [6.45, 7) is 1.69. The molecular formula is C12H17N3O3S. The number of hydrogen-bond donors (Lipinski definition) is 1. The van der Waals surface area contributed by atoms with Crippen LogP contribution in [0.5, 0.6) is 0 Å². The van der Waals surface area contributed by atoms with Crippen LogP contribution in [0.15, 0.2) is 18.5 Å². The average molecular weight is 283 g/mol. The molecule has 0 bridgehead atoms. The second-order valence-electron chi connectivity index (χ2n) is 5.29. The van der Waals surface area contributed by atoms with Gasteiger partial charge >= 0.3 is 0 Å². The highest BCUT2D eigenvalue weighted by atomic mass is 32.2. The van der Waals surface area contributed by atoms with Crippen molar-refractivity contribution in [2.45, 2.75) is 12.5 Å². The molecule has 3 heterocycles. The van der Waals surface area contributed by atoms with Crippen LogP contribution in [0, 0.1) is 5.92 Å². The summed E-state index contributed by atoms with van der Waals surface area (Å²) in [5.74, 6) is 0.265. The van der Waals surface area contributed by atoms with Gasteiger partial charge in [-0.25, -0.2) is 8.42 Å². The second-order valence-corrected chi connectivity index (χ2v) is 7.28. The number of aromatic nitrogens is 1. The molecule has 104 valence electrons. The maximum Gasteiger partial charge on any atom is 0.255 e. The fourth-order valence-electron chi connectivity index (χ4n) is 3.07. The van der Waals surface area contributed by atoms with Crippen LogP contribution in [0.3, 0.4) is 0 Å². The van der Waals surface area contributed by atoms with E-state index in [4.69, 9.17) is 0 Å². The molecule has 1 N–H and O–H groups in total. The predicted molar refractivity (Wildman–Crippen MR) is 70.1 cm³/mol. The summed E-state index contributed by atoms with van der Waals surface area (Å²) in [6, 6.07) is 1.77. The van der Waals surface area contributed by atoms with Gasteiger partial charge in [-0.1, -0.05) is 0 Å². The highest BCUT2D eigenvalue weighted by Gasteiger charge is 2.45. The lowest BCUT2D eigenvalue weighted by molar-refractivity contribution is 0.0733. The zero-order chi connectivity index (χ0) is 13.6. The summed E-state index contributed by atoms with van der Waals surface area (Å²) in [7, 11) is -3.16. The second kappa shape index (κ2) is 4.35. The molecule has 1 aromatic heterocycles. The molecule has 2 atom stereocenters. The van der Waals surface area contributed by atoms with Crippen LogP contribution in [-0.4, -0.2) is 60.4 Å². The first kappa shape index (κ1) is 12.7. The van der Waals surface area contributed by atoms with E-state index in [9.17, 15) is 13.2 Å². The van der Waals surface area contributed by atoms with Crippen molar-refractivity contribution in [3.8, 4) is 0 Å². The quantitative estimate of drug-likeness (QED) is 0.838. The summed E-state index contributed by atoms with van der Waals surface area (Å²) >= 11 is 0. The number of sulfonamides is 1. The van der Waals surface area contributed by atoms with Crippen molar-refractivity contribution < 1.29 is 13.2 Å². The molecular weight excluding hydrogens is 266 g/mol. The molecule has 2 aliphatic rings. The lowest BCUT2D eigenvalue weighted by Crippen LogP contribution is -2.40. The smallest absolute Gasteiger partial charge is 0.255 e. The van der Waals surface area contributed by atoms with Gasteiger partial charge in [0.2, 0.25) is 10.0 Å². The van der Waals surface area contributed by atoms with Crippen LogP contribution in [0.4, 0.5) is 0 Å². The maximum atomic E-state index is 12.3. The Morgan fingerprint density at radius 2 is 2.21 bits per heavy atom. The van der Waals surface area contributed by atoms with E-state index in [0.717, 1.165) is 13.0 Å². The predicted octanol–water partition coefficient (Wildman–Crippen LogP) is 0.121. The van der Waals surface area contributed by atoms with Gasteiger partial charge in [0, 0.05) is 38.1 Å². The fraction of sp³-hybridized carbons (Fsp3) is 0.583.